The van der Waals surface area contributed by atoms with E-state index >= 15 is 0 Å². The number of para-hydroxylation sites is 1. The molecule has 5 rings (SSSR count). The SMILES string of the molecule is CCn1c(=O)c2ccccc2n2c(CNc3ccc(NC(=O)C4CC4)cc3)nnc12. The highest BCUT2D eigenvalue weighted by Gasteiger charge is 2.29. The fraction of sp³-hybridized carbons (Fsp3) is 0.273. The number of anilines is 2. The largest absolute Gasteiger partial charge is 0.378 e. The van der Waals surface area contributed by atoms with Crippen LogP contribution in [-0.2, 0) is 17.9 Å². The number of hydrogen-bond donors (Lipinski definition) is 2. The first-order valence-corrected chi connectivity index (χ1v) is 10.2. The Bertz CT molecular complexity index is 1300. The van der Waals surface area contributed by atoms with Crippen molar-refractivity contribution < 1.29 is 4.79 Å². The molecule has 2 N–H and O–H groups in total. The van der Waals surface area contributed by atoms with Gasteiger partial charge < -0.3 is 10.6 Å². The van der Waals surface area contributed by atoms with Gasteiger partial charge in [0.15, 0.2) is 5.82 Å². The number of benzene rings is 2. The van der Waals surface area contributed by atoms with Gasteiger partial charge in [0.1, 0.15) is 0 Å². The molecule has 0 spiro atoms. The van der Waals surface area contributed by atoms with Crippen molar-refractivity contribution in [1.82, 2.24) is 19.2 Å². The highest BCUT2D eigenvalue weighted by atomic mass is 16.2. The minimum absolute atomic E-state index is 0.0589. The maximum Gasteiger partial charge on any atom is 0.262 e. The highest BCUT2D eigenvalue weighted by molar-refractivity contribution is 5.94. The number of rotatable bonds is 6. The third-order valence-corrected chi connectivity index (χ3v) is 5.44. The molecule has 152 valence electrons. The van der Waals surface area contributed by atoms with Crippen molar-refractivity contribution in [3.05, 3.63) is 64.7 Å². The summed E-state index contributed by atoms with van der Waals surface area (Å²) in [5.74, 6) is 1.53. The first-order chi connectivity index (χ1) is 14.7. The average Bonchev–Trinajstić information content (AvgIpc) is 3.54. The Labute approximate surface area is 172 Å². The number of carbonyl (C=O) groups excluding carboxylic acids is 1. The average molecular weight is 402 g/mol. The van der Waals surface area contributed by atoms with E-state index in [1.54, 1.807) is 4.57 Å². The van der Waals surface area contributed by atoms with E-state index in [2.05, 4.69) is 20.8 Å². The molecule has 1 saturated carbocycles. The first kappa shape index (κ1) is 18.4. The number of aryl methyl sites for hydroxylation is 1. The molecule has 0 radical (unpaired) electrons. The maximum absolute atomic E-state index is 12.8. The standard InChI is InChI=1S/C22H22N6O2/c1-2-27-21(30)17-5-3-4-6-18(17)28-19(25-26-22(27)28)13-23-15-9-11-16(12-10-15)24-20(29)14-7-8-14/h3-6,9-12,14,23H,2,7-8,13H2,1H3,(H,24,29). The molecule has 1 aliphatic rings. The fourth-order valence-electron chi connectivity index (χ4n) is 3.66. The molecule has 0 unspecified atom stereocenters. The lowest BCUT2D eigenvalue weighted by Crippen LogP contribution is -2.22. The number of hydrogen-bond acceptors (Lipinski definition) is 5. The molecular formula is C22H22N6O2. The lowest BCUT2D eigenvalue weighted by molar-refractivity contribution is -0.117. The van der Waals surface area contributed by atoms with E-state index in [-0.39, 0.29) is 17.4 Å². The van der Waals surface area contributed by atoms with Crippen molar-refractivity contribution in [2.45, 2.75) is 32.9 Å². The van der Waals surface area contributed by atoms with Crippen LogP contribution in [0.4, 0.5) is 11.4 Å². The third-order valence-electron chi connectivity index (χ3n) is 5.44. The second kappa shape index (κ2) is 7.29. The molecule has 0 bridgehead atoms. The van der Waals surface area contributed by atoms with E-state index in [0.717, 1.165) is 35.6 Å². The number of fused-ring (bicyclic) bond motifs is 3. The van der Waals surface area contributed by atoms with Gasteiger partial charge in [-0.1, -0.05) is 12.1 Å². The van der Waals surface area contributed by atoms with Crippen LogP contribution in [0.5, 0.6) is 0 Å². The van der Waals surface area contributed by atoms with E-state index in [1.165, 1.54) is 0 Å². The maximum atomic E-state index is 12.8. The summed E-state index contributed by atoms with van der Waals surface area (Å²) in [7, 11) is 0. The van der Waals surface area contributed by atoms with Crippen LogP contribution in [0.25, 0.3) is 16.7 Å². The zero-order valence-electron chi connectivity index (χ0n) is 16.6. The Morgan fingerprint density at radius 3 is 2.53 bits per heavy atom. The molecule has 2 heterocycles. The van der Waals surface area contributed by atoms with Gasteiger partial charge in [0, 0.05) is 23.8 Å². The fourth-order valence-corrected chi connectivity index (χ4v) is 3.66. The Morgan fingerprint density at radius 2 is 1.80 bits per heavy atom. The normalized spacial score (nSPS) is 13.6. The molecule has 1 aliphatic carbocycles. The Hall–Kier alpha value is -3.68. The van der Waals surface area contributed by atoms with Gasteiger partial charge >= 0.3 is 0 Å². The molecule has 0 atom stereocenters. The summed E-state index contributed by atoms with van der Waals surface area (Å²) in [5, 5.41) is 15.5. The van der Waals surface area contributed by atoms with Crippen molar-refractivity contribution in [2.75, 3.05) is 10.6 Å². The number of amides is 1. The van der Waals surface area contributed by atoms with Crippen LogP contribution in [0.2, 0.25) is 0 Å². The molecule has 30 heavy (non-hydrogen) atoms. The van der Waals surface area contributed by atoms with Crippen molar-refractivity contribution in [3.63, 3.8) is 0 Å². The molecule has 2 aromatic heterocycles. The van der Waals surface area contributed by atoms with E-state index in [0.29, 0.717) is 24.3 Å². The smallest absolute Gasteiger partial charge is 0.262 e. The summed E-state index contributed by atoms with van der Waals surface area (Å²) in [6, 6.07) is 15.1. The molecule has 0 aliphatic heterocycles. The Balaban J connectivity index is 1.41. The van der Waals surface area contributed by atoms with Crippen LogP contribution < -0.4 is 16.2 Å². The van der Waals surface area contributed by atoms with Gasteiger partial charge in [-0.05, 0) is 56.2 Å². The van der Waals surface area contributed by atoms with E-state index < -0.39 is 0 Å². The first-order valence-electron chi connectivity index (χ1n) is 10.2. The van der Waals surface area contributed by atoms with Gasteiger partial charge in [0.25, 0.3) is 5.56 Å². The number of nitrogens with one attached hydrogen (secondary N) is 2. The van der Waals surface area contributed by atoms with E-state index in [4.69, 9.17) is 0 Å². The molecule has 1 amide bonds. The topological polar surface area (TPSA) is 93.3 Å². The predicted molar refractivity (Wildman–Crippen MR) is 116 cm³/mol. The van der Waals surface area contributed by atoms with Crippen molar-refractivity contribution in [1.29, 1.82) is 0 Å². The van der Waals surface area contributed by atoms with Gasteiger partial charge in [0.05, 0.1) is 17.4 Å². The molecule has 0 saturated heterocycles. The van der Waals surface area contributed by atoms with Crippen LogP contribution in [0.1, 0.15) is 25.6 Å². The monoisotopic (exact) mass is 402 g/mol. The third kappa shape index (κ3) is 3.20. The summed E-state index contributed by atoms with van der Waals surface area (Å²) in [6.07, 6.45) is 1.97. The molecule has 8 nitrogen and oxygen atoms in total. The molecular weight excluding hydrogens is 380 g/mol. The summed E-state index contributed by atoms with van der Waals surface area (Å²) < 4.78 is 3.56. The quantitative estimate of drug-likeness (QED) is 0.517. The summed E-state index contributed by atoms with van der Waals surface area (Å²) in [6.45, 7) is 2.89. The zero-order chi connectivity index (χ0) is 20.7. The Kier molecular flexibility index (Phi) is 4.46. The van der Waals surface area contributed by atoms with Crippen LogP contribution in [0, 0.1) is 5.92 Å². The Morgan fingerprint density at radius 1 is 1.07 bits per heavy atom. The number of aromatic nitrogens is 4. The van der Waals surface area contributed by atoms with Crippen molar-refractivity contribution in [2.24, 2.45) is 5.92 Å². The molecule has 4 aromatic rings. The summed E-state index contributed by atoms with van der Waals surface area (Å²) in [4.78, 5) is 24.6. The minimum atomic E-state index is -0.0589. The lowest BCUT2D eigenvalue weighted by Gasteiger charge is -2.11. The molecule has 1 fully saturated rings. The van der Waals surface area contributed by atoms with Crippen LogP contribution in [0.3, 0.4) is 0 Å². The predicted octanol–water partition coefficient (Wildman–Crippen LogP) is 3.02. The molecule has 2 aromatic carbocycles. The summed E-state index contributed by atoms with van der Waals surface area (Å²) >= 11 is 0. The molecule has 8 heteroatoms. The van der Waals surface area contributed by atoms with Crippen LogP contribution >= 0.6 is 0 Å². The lowest BCUT2D eigenvalue weighted by atomic mass is 10.2. The van der Waals surface area contributed by atoms with Gasteiger partial charge in [0.2, 0.25) is 11.7 Å². The highest BCUT2D eigenvalue weighted by Crippen LogP contribution is 2.30. The second-order valence-electron chi connectivity index (χ2n) is 7.51. The van der Waals surface area contributed by atoms with Crippen LogP contribution in [-0.4, -0.2) is 25.1 Å². The number of nitrogens with zero attached hydrogens (tertiary/aromatic N) is 4. The van der Waals surface area contributed by atoms with Crippen LogP contribution in [0.15, 0.2) is 53.3 Å². The van der Waals surface area contributed by atoms with Gasteiger partial charge in [-0.25, -0.2) is 0 Å². The van der Waals surface area contributed by atoms with Crippen molar-refractivity contribution in [3.8, 4) is 0 Å². The summed E-state index contributed by atoms with van der Waals surface area (Å²) in [5.41, 5.74) is 2.44. The zero-order valence-corrected chi connectivity index (χ0v) is 16.6. The van der Waals surface area contributed by atoms with E-state index in [9.17, 15) is 9.59 Å². The van der Waals surface area contributed by atoms with Gasteiger partial charge in [-0.2, -0.15) is 0 Å². The van der Waals surface area contributed by atoms with Gasteiger partial charge in [-0.15, -0.1) is 10.2 Å². The van der Waals surface area contributed by atoms with Gasteiger partial charge in [-0.3, -0.25) is 18.6 Å². The minimum Gasteiger partial charge on any atom is -0.378 e. The van der Waals surface area contributed by atoms with E-state index in [1.807, 2.05) is 59.9 Å². The second-order valence-corrected chi connectivity index (χ2v) is 7.51. The van der Waals surface area contributed by atoms with Crippen molar-refractivity contribution >= 4 is 34.0 Å². The number of carbonyl (C=O) groups is 1.